The van der Waals surface area contributed by atoms with Gasteiger partial charge in [-0.1, -0.05) is 0 Å². The van der Waals surface area contributed by atoms with E-state index in [1.165, 1.54) is 32.1 Å². The van der Waals surface area contributed by atoms with E-state index in [1.807, 2.05) is 0 Å². The molecule has 0 radical (unpaired) electrons. The summed E-state index contributed by atoms with van der Waals surface area (Å²) in [6.45, 7) is 1.12. The van der Waals surface area contributed by atoms with Crippen LogP contribution in [0.25, 0.3) is 0 Å². The summed E-state index contributed by atoms with van der Waals surface area (Å²) in [4.78, 5) is 30.0. The van der Waals surface area contributed by atoms with Crippen molar-refractivity contribution in [3.8, 4) is 0 Å². The zero-order chi connectivity index (χ0) is 21.6. The van der Waals surface area contributed by atoms with Crippen molar-refractivity contribution < 1.29 is 36.7 Å². The molecule has 0 bridgehead atoms. The summed E-state index contributed by atoms with van der Waals surface area (Å²) < 4.78 is 47.9. The SMILES string of the molecule is COC(=O)C(OC)C1(C)C2=C(CC(=O)C(N3C=CC(C(F)(F)F)=NC3)=C2)S[NH+]1[O-]. The highest BCUT2D eigenvalue weighted by atomic mass is 32.2. The zero-order valence-corrected chi connectivity index (χ0v) is 16.5. The number of esters is 1. The van der Waals surface area contributed by atoms with Crippen molar-refractivity contribution in [1.82, 2.24) is 4.90 Å². The van der Waals surface area contributed by atoms with Crippen LogP contribution >= 0.6 is 11.9 Å². The number of aliphatic imine (C=N–C) groups is 1. The van der Waals surface area contributed by atoms with Crippen LogP contribution in [0.15, 0.2) is 39.5 Å². The summed E-state index contributed by atoms with van der Waals surface area (Å²) in [7, 11) is 2.43. The van der Waals surface area contributed by atoms with Gasteiger partial charge in [-0.2, -0.15) is 13.2 Å². The van der Waals surface area contributed by atoms with Gasteiger partial charge in [0.15, 0.2) is 11.3 Å². The van der Waals surface area contributed by atoms with Crippen LogP contribution in [0.2, 0.25) is 0 Å². The molecule has 0 spiro atoms. The van der Waals surface area contributed by atoms with Gasteiger partial charge in [0.2, 0.25) is 6.10 Å². The first-order valence-electron chi connectivity index (χ1n) is 8.42. The number of alkyl halides is 3. The molecule has 29 heavy (non-hydrogen) atoms. The van der Waals surface area contributed by atoms with E-state index in [-0.39, 0.29) is 22.4 Å². The van der Waals surface area contributed by atoms with E-state index < -0.39 is 36.2 Å². The maximum Gasteiger partial charge on any atom is 0.433 e. The molecule has 2 aliphatic heterocycles. The van der Waals surface area contributed by atoms with Crippen molar-refractivity contribution >= 4 is 29.4 Å². The summed E-state index contributed by atoms with van der Waals surface area (Å²) >= 11 is 0.859. The third kappa shape index (κ3) is 3.61. The topological polar surface area (TPSA) is 95.7 Å². The molecule has 1 aliphatic carbocycles. The van der Waals surface area contributed by atoms with E-state index in [2.05, 4.69) is 4.99 Å². The summed E-state index contributed by atoms with van der Waals surface area (Å²) in [6, 6.07) is 0. The Bertz CT molecular complexity index is 867. The molecule has 158 valence electrons. The Kier molecular flexibility index (Phi) is 5.64. The molecule has 3 unspecified atom stereocenters. The van der Waals surface area contributed by atoms with E-state index in [1.54, 1.807) is 0 Å². The Labute approximate surface area is 168 Å². The van der Waals surface area contributed by atoms with Gasteiger partial charge in [0.25, 0.3) is 0 Å². The Morgan fingerprint density at radius 2 is 2.14 bits per heavy atom. The van der Waals surface area contributed by atoms with Crippen LogP contribution in [0.4, 0.5) is 13.2 Å². The van der Waals surface area contributed by atoms with Gasteiger partial charge in [-0.05, 0) is 19.1 Å². The number of ketones is 1. The minimum absolute atomic E-state index is 0.0891. The number of quaternary nitrogens is 1. The predicted octanol–water partition coefficient (Wildman–Crippen LogP) is 0.879. The quantitative estimate of drug-likeness (QED) is 0.400. The summed E-state index contributed by atoms with van der Waals surface area (Å²) in [5.41, 5.74) is -1.95. The average Bonchev–Trinajstić information content (AvgIpc) is 2.91. The van der Waals surface area contributed by atoms with Crippen molar-refractivity contribution in [2.45, 2.75) is 31.2 Å². The molecule has 3 atom stereocenters. The molecule has 3 aliphatic rings. The van der Waals surface area contributed by atoms with E-state index in [0.717, 1.165) is 24.2 Å². The number of rotatable bonds is 4. The largest absolute Gasteiger partial charge is 0.621 e. The first-order valence-corrected chi connectivity index (χ1v) is 9.23. The fourth-order valence-electron chi connectivity index (χ4n) is 3.41. The normalized spacial score (nSPS) is 28.2. The number of halogens is 3. The van der Waals surface area contributed by atoms with E-state index in [4.69, 9.17) is 9.47 Å². The Morgan fingerprint density at radius 3 is 2.66 bits per heavy atom. The van der Waals surface area contributed by atoms with Gasteiger partial charge in [0.1, 0.15) is 24.3 Å². The number of carbonyl (C=O) groups is 2. The fraction of sp³-hybridized carbons (Fsp3) is 0.471. The van der Waals surface area contributed by atoms with Crippen molar-refractivity contribution in [2.24, 2.45) is 4.99 Å². The van der Waals surface area contributed by atoms with Gasteiger partial charge in [-0.25, -0.2) is 4.79 Å². The molecule has 12 heteroatoms. The number of carbonyl (C=O) groups excluding carboxylic acids is 2. The second-order valence-corrected chi connectivity index (χ2v) is 7.73. The number of hydrogen-bond donors (Lipinski definition) is 1. The Morgan fingerprint density at radius 1 is 1.45 bits per heavy atom. The third-order valence-electron chi connectivity index (χ3n) is 4.97. The lowest BCUT2D eigenvalue weighted by atomic mass is 9.82. The highest BCUT2D eigenvalue weighted by Crippen LogP contribution is 2.41. The minimum Gasteiger partial charge on any atom is -0.621 e. The van der Waals surface area contributed by atoms with Crippen molar-refractivity contribution in [3.05, 3.63) is 39.7 Å². The molecule has 0 fully saturated rings. The van der Waals surface area contributed by atoms with Gasteiger partial charge in [0, 0.05) is 25.3 Å². The number of methoxy groups -OCH3 is 2. The number of ether oxygens (including phenoxy) is 2. The van der Waals surface area contributed by atoms with Gasteiger partial charge in [-0.3, -0.25) is 14.3 Å². The lowest BCUT2D eigenvalue weighted by Crippen LogP contribution is -3.10. The summed E-state index contributed by atoms with van der Waals surface area (Å²) in [5.74, 6) is -1.11. The molecule has 0 aromatic heterocycles. The monoisotopic (exact) mass is 433 g/mol. The molecule has 3 rings (SSSR count). The lowest BCUT2D eigenvalue weighted by molar-refractivity contribution is -0.755. The molecular formula is C17H18F3N3O5S. The molecule has 0 saturated heterocycles. The number of hydroxylamine groups is 1. The van der Waals surface area contributed by atoms with Crippen molar-refractivity contribution in [3.63, 3.8) is 0 Å². The molecular weight excluding hydrogens is 415 g/mol. The van der Waals surface area contributed by atoms with Crippen LogP contribution in [0.1, 0.15) is 13.3 Å². The maximum atomic E-state index is 12.8. The maximum absolute atomic E-state index is 12.8. The van der Waals surface area contributed by atoms with Gasteiger partial charge in [-0.15, -0.1) is 0 Å². The minimum atomic E-state index is -4.58. The van der Waals surface area contributed by atoms with Gasteiger partial charge in [0.05, 0.1) is 17.7 Å². The van der Waals surface area contributed by atoms with Gasteiger partial charge < -0.3 is 19.6 Å². The predicted molar refractivity (Wildman–Crippen MR) is 97.2 cm³/mol. The second kappa shape index (κ2) is 7.59. The highest BCUT2D eigenvalue weighted by Gasteiger charge is 2.56. The number of nitrogens with one attached hydrogen (secondary N) is 1. The lowest BCUT2D eigenvalue weighted by Gasteiger charge is -2.38. The second-order valence-electron chi connectivity index (χ2n) is 6.67. The molecule has 0 aromatic rings. The summed E-state index contributed by atoms with van der Waals surface area (Å²) in [6.07, 6.45) is -2.60. The number of Topliss-reactive ketones (excluding diaryl/α,β-unsaturated/α-hetero) is 1. The highest BCUT2D eigenvalue weighted by molar-refractivity contribution is 7.97. The summed E-state index contributed by atoms with van der Waals surface area (Å²) in [5, 5.41) is 12.7. The van der Waals surface area contributed by atoms with E-state index in [9.17, 15) is 28.0 Å². The van der Waals surface area contributed by atoms with Crippen molar-refractivity contribution in [1.29, 1.82) is 0 Å². The van der Waals surface area contributed by atoms with E-state index in [0.29, 0.717) is 10.5 Å². The van der Waals surface area contributed by atoms with Gasteiger partial charge >= 0.3 is 12.1 Å². The number of hydrogen-bond acceptors (Lipinski definition) is 8. The first kappa shape index (κ1) is 21.6. The number of nitrogens with zero attached hydrogens (tertiary/aromatic N) is 2. The fourth-order valence-corrected chi connectivity index (χ4v) is 4.64. The van der Waals surface area contributed by atoms with Crippen molar-refractivity contribution in [2.75, 3.05) is 20.9 Å². The number of allylic oxidation sites excluding steroid dienone is 3. The Hall–Kier alpha value is -2.15. The van der Waals surface area contributed by atoms with Crippen LogP contribution in [0, 0.1) is 5.21 Å². The average molecular weight is 433 g/mol. The first-order chi connectivity index (χ1) is 13.5. The molecule has 2 heterocycles. The molecule has 0 aromatic carbocycles. The van der Waals surface area contributed by atoms with Crippen LogP contribution in [0.5, 0.6) is 0 Å². The van der Waals surface area contributed by atoms with E-state index >= 15 is 0 Å². The third-order valence-corrected chi connectivity index (χ3v) is 6.19. The molecule has 0 amide bonds. The van der Waals surface area contributed by atoms with Crippen LogP contribution in [0.3, 0.4) is 0 Å². The van der Waals surface area contributed by atoms with Crippen LogP contribution < -0.4 is 4.47 Å². The smallest absolute Gasteiger partial charge is 0.433 e. The Balaban J connectivity index is 1.96. The molecule has 8 nitrogen and oxygen atoms in total. The van der Waals surface area contributed by atoms with Crippen LogP contribution in [-0.2, 0) is 19.1 Å². The van der Waals surface area contributed by atoms with Crippen LogP contribution in [-0.4, -0.2) is 61.1 Å². The molecule has 1 N–H and O–H groups in total. The standard InChI is InChI=1S/C17H18F3N3O5S/c1-16(14(27-2)15(25)28-3)9-6-10(11(24)7-12(9)29-23(16)26)22-5-4-13(21-8-22)17(18,19)20/h4-6,14,23H,7-8H2,1-3H3. The zero-order valence-electron chi connectivity index (χ0n) is 15.7. The molecule has 0 saturated carbocycles.